The van der Waals surface area contributed by atoms with Crippen molar-refractivity contribution < 1.29 is 9.59 Å². The summed E-state index contributed by atoms with van der Waals surface area (Å²) < 4.78 is 0.937. The quantitative estimate of drug-likeness (QED) is 0.678. The van der Waals surface area contributed by atoms with Crippen molar-refractivity contribution in [1.29, 1.82) is 0 Å². The molecule has 0 aliphatic heterocycles. The average Bonchev–Trinajstić information content (AvgIpc) is 2.65. The molecular formula is C20H19N3O4. The highest BCUT2D eigenvalue weighted by molar-refractivity contribution is 5.98. The predicted octanol–water partition coefficient (Wildman–Crippen LogP) is 2.48. The first-order valence-electron chi connectivity index (χ1n) is 8.57. The number of H-pyrrole nitrogens is 1. The molecule has 2 aromatic carbocycles. The molecule has 3 rings (SSSR count). The molecule has 1 aromatic heterocycles. The standard InChI is InChI=1S/C20H19N3O4/c1-3-17(18(25)21-14-8-6-7-13(11-14)12(2)24)23-19(26)15-9-4-5-10-16(15)22-20(23)27/h4-11,17H,3H2,1-2H3,(H,21,25)(H,22,27)/t17-/m1/s1. The third-order valence-corrected chi connectivity index (χ3v) is 4.37. The van der Waals surface area contributed by atoms with Crippen molar-refractivity contribution in [3.8, 4) is 0 Å². The fourth-order valence-electron chi connectivity index (χ4n) is 2.99. The Bertz CT molecular complexity index is 1140. The second-order valence-electron chi connectivity index (χ2n) is 6.20. The highest BCUT2D eigenvalue weighted by atomic mass is 16.2. The number of Topliss-reactive ketones (excluding diaryl/α,β-unsaturated/α-hetero) is 1. The third-order valence-electron chi connectivity index (χ3n) is 4.37. The molecule has 0 spiro atoms. The van der Waals surface area contributed by atoms with Crippen molar-refractivity contribution in [2.24, 2.45) is 0 Å². The number of aromatic nitrogens is 2. The van der Waals surface area contributed by atoms with Crippen LogP contribution in [0, 0.1) is 0 Å². The Morgan fingerprint density at radius 2 is 1.85 bits per heavy atom. The van der Waals surface area contributed by atoms with Crippen molar-refractivity contribution in [3.05, 3.63) is 74.9 Å². The van der Waals surface area contributed by atoms with Gasteiger partial charge in [0, 0.05) is 11.3 Å². The SMILES string of the molecule is CC[C@H](C(=O)Nc1cccc(C(C)=O)c1)n1c(=O)[nH]c2ccccc2c1=O. The smallest absolute Gasteiger partial charge is 0.324 e. The molecule has 138 valence electrons. The zero-order chi connectivity index (χ0) is 19.6. The summed E-state index contributed by atoms with van der Waals surface area (Å²) >= 11 is 0. The van der Waals surface area contributed by atoms with Gasteiger partial charge in [-0.1, -0.05) is 31.2 Å². The molecule has 0 aliphatic carbocycles. The van der Waals surface area contributed by atoms with Gasteiger partial charge >= 0.3 is 5.69 Å². The van der Waals surface area contributed by atoms with Crippen LogP contribution >= 0.6 is 0 Å². The first-order chi connectivity index (χ1) is 12.9. The lowest BCUT2D eigenvalue weighted by Gasteiger charge is -2.17. The Morgan fingerprint density at radius 1 is 1.11 bits per heavy atom. The summed E-state index contributed by atoms with van der Waals surface area (Å²) in [6.07, 6.45) is 0.250. The number of para-hydroxylation sites is 1. The first-order valence-corrected chi connectivity index (χ1v) is 8.57. The summed E-state index contributed by atoms with van der Waals surface area (Å²) in [5.41, 5.74) is 0.151. The first kappa shape index (κ1) is 18.3. The minimum atomic E-state index is -0.980. The third kappa shape index (κ3) is 3.57. The second-order valence-corrected chi connectivity index (χ2v) is 6.20. The molecule has 27 heavy (non-hydrogen) atoms. The molecular weight excluding hydrogens is 346 g/mol. The van der Waals surface area contributed by atoms with Gasteiger partial charge in [0.2, 0.25) is 5.91 Å². The van der Waals surface area contributed by atoms with E-state index in [0.29, 0.717) is 22.2 Å². The van der Waals surface area contributed by atoms with Gasteiger partial charge < -0.3 is 10.3 Å². The van der Waals surface area contributed by atoms with E-state index < -0.39 is 23.2 Å². The Hall–Kier alpha value is -3.48. The maximum Gasteiger partial charge on any atom is 0.329 e. The predicted molar refractivity (Wildman–Crippen MR) is 103 cm³/mol. The number of anilines is 1. The fourth-order valence-corrected chi connectivity index (χ4v) is 2.99. The van der Waals surface area contributed by atoms with E-state index in [1.165, 1.54) is 6.92 Å². The normalized spacial score (nSPS) is 11.9. The minimum Gasteiger partial charge on any atom is -0.324 e. The maximum absolute atomic E-state index is 12.8. The number of carbonyl (C=O) groups excluding carboxylic acids is 2. The van der Waals surface area contributed by atoms with Crippen LogP contribution in [0.25, 0.3) is 10.9 Å². The lowest BCUT2D eigenvalue weighted by atomic mass is 10.1. The fraction of sp³-hybridized carbons (Fsp3) is 0.200. The van der Waals surface area contributed by atoms with Gasteiger partial charge in [-0.05, 0) is 37.6 Å². The number of nitrogens with one attached hydrogen (secondary N) is 2. The summed E-state index contributed by atoms with van der Waals surface area (Å²) in [5, 5.41) is 3.02. The van der Waals surface area contributed by atoms with Crippen molar-refractivity contribution >= 4 is 28.3 Å². The Kier molecular flexibility index (Phi) is 5.03. The van der Waals surface area contributed by atoms with Crippen molar-refractivity contribution in [2.45, 2.75) is 26.3 Å². The number of nitrogens with zero attached hydrogens (tertiary/aromatic N) is 1. The molecule has 0 saturated carbocycles. The number of aromatic amines is 1. The molecule has 1 atom stereocenters. The van der Waals surface area contributed by atoms with Crippen LogP contribution in [0.15, 0.2) is 58.1 Å². The van der Waals surface area contributed by atoms with Crippen LogP contribution in [-0.4, -0.2) is 21.2 Å². The number of ketones is 1. The number of hydrogen-bond acceptors (Lipinski definition) is 4. The number of hydrogen-bond donors (Lipinski definition) is 2. The molecule has 0 radical (unpaired) electrons. The summed E-state index contributed by atoms with van der Waals surface area (Å²) in [6.45, 7) is 3.15. The van der Waals surface area contributed by atoms with Gasteiger partial charge in [0.1, 0.15) is 6.04 Å². The van der Waals surface area contributed by atoms with E-state index in [2.05, 4.69) is 10.3 Å². The molecule has 0 bridgehead atoms. The van der Waals surface area contributed by atoms with Gasteiger partial charge in [0.15, 0.2) is 5.78 Å². The molecule has 7 nitrogen and oxygen atoms in total. The maximum atomic E-state index is 12.8. The van der Waals surface area contributed by atoms with Crippen molar-refractivity contribution in [3.63, 3.8) is 0 Å². The van der Waals surface area contributed by atoms with Crippen molar-refractivity contribution in [1.82, 2.24) is 9.55 Å². The zero-order valence-corrected chi connectivity index (χ0v) is 15.0. The topological polar surface area (TPSA) is 101 Å². The molecule has 1 amide bonds. The van der Waals surface area contributed by atoms with E-state index in [4.69, 9.17) is 0 Å². The Balaban J connectivity index is 2.00. The number of benzene rings is 2. The summed E-state index contributed by atoms with van der Waals surface area (Å²) in [6, 6.07) is 12.2. The number of amides is 1. The van der Waals surface area contributed by atoms with E-state index in [-0.39, 0.29) is 12.2 Å². The summed E-state index contributed by atoms with van der Waals surface area (Å²) in [7, 11) is 0. The van der Waals surface area contributed by atoms with Gasteiger partial charge in [0.05, 0.1) is 10.9 Å². The molecule has 0 aliphatic rings. The second kappa shape index (κ2) is 7.41. The molecule has 0 unspecified atom stereocenters. The minimum absolute atomic E-state index is 0.125. The highest BCUT2D eigenvalue weighted by Gasteiger charge is 2.23. The van der Waals surface area contributed by atoms with E-state index in [9.17, 15) is 19.2 Å². The molecule has 1 heterocycles. The largest absolute Gasteiger partial charge is 0.329 e. The van der Waals surface area contributed by atoms with E-state index in [1.54, 1.807) is 55.5 Å². The Labute approximate surface area is 154 Å². The molecule has 0 saturated heterocycles. The zero-order valence-electron chi connectivity index (χ0n) is 15.0. The number of fused-ring (bicyclic) bond motifs is 1. The Morgan fingerprint density at radius 3 is 2.56 bits per heavy atom. The lowest BCUT2D eigenvalue weighted by molar-refractivity contribution is -0.119. The number of carbonyl (C=O) groups is 2. The molecule has 3 aromatic rings. The van der Waals surface area contributed by atoms with E-state index >= 15 is 0 Å². The van der Waals surface area contributed by atoms with Crippen LogP contribution in [-0.2, 0) is 4.79 Å². The van der Waals surface area contributed by atoms with E-state index in [1.807, 2.05) is 0 Å². The van der Waals surface area contributed by atoms with Gasteiger partial charge in [-0.15, -0.1) is 0 Å². The average molecular weight is 365 g/mol. The van der Waals surface area contributed by atoms with Crippen LogP contribution in [0.2, 0.25) is 0 Å². The summed E-state index contributed by atoms with van der Waals surface area (Å²) in [5.74, 6) is -0.624. The summed E-state index contributed by atoms with van der Waals surface area (Å²) in [4.78, 5) is 52.1. The van der Waals surface area contributed by atoms with Gasteiger partial charge in [-0.3, -0.25) is 14.4 Å². The van der Waals surface area contributed by atoms with Gasteiger partial charge in [-0.25, -0.2) is 9.36 Å². The van der Waals surface area contributed by atoms with Crippen molar-refractivity contribution in [2.75, 3.05) is 5.32 Å². The van der Waals surface area contributed by atoms with Crippen LogP contribution < -0.4 is 16.6 Å². The monoisotopic (exact) mass is 365 g/mol. The number of rotatable bonds is 5. The van der Waals surface area contributed by atoms with Crippen LogP contribution in [0.4, 0.5) is 5.69 Å². The van der Waals surface area contributed by atoms with E-state index in [0.717, 1.165) is 4.57 Å². The molecule has 0 fully saturated rings. The van der Waals surface area contributed by atoms with Crippen LogP contribution in [0.1, 0.15) is 36.7 Å². The molecule has 7 heteroatoms. The molecule has 2 N–H and O–H groups in total. The van der Waals surface area contributed by atoms with Gasteiger partial charge in [-0.2, -0.15) is 0 Å². The van der Waals surface area contributed by atoms with Gasteiger partial charge in [0.25, 0.3) is 5.56 Å². The highest BCUT2D eigenvalue weighted by Crippen LogP contribution is 2.16. The van der Waals surface area contributed by atoms with Crippen LogP contribution in [0.3, 0.4) is 0 Å². The lowest BCUT2D eigenvalue weighted by Crippen LogP contribution is -2.42. The van der Waals surface area contributed by atoms with Crippen LogP contribution in [0.5, 0.6) is 0 Å².